The Kier molecular flexibility index (Phi) is 2.52. The fraction of sp³-hybridized carbons (Fsp3) is 0.429. The fourth-order valence-electron chi connectivity index (χ4n) is 0.707. The summed E-state index contributed by atoms with van der Waals surface area (Å²) in [5.41, 5.74) is 0.902. The Balaban J connectivity index is 2.80. The van der Waals surface area contributed by atoms with Crippen molar-refractivity contribution in [3.05, 3.63) is 17.3 Å². The number of nitrogens with zero attached hydrogens (tertiary/aromatic N) is 2. The Morgan fingerprint density at radius 3 is 2.82 bits per heavy atom. The zero-order valence-corrected chi connectivity index (χ0v) is 7.23. The maximum Gasteiger partial charge on any atom is 0.217 e. The monoisotopic (exact) mass is 168 g/mol. The molecule has 1 heterocycles. The van der Waals surface area contributed by atoms with Crippen LogP contribution in [-0.4, -0.2) is 10.1 Å². The number of oxazole rings is 1. The topological polar surface area (TPSA) is 38.4 Å². The molecule has 3 nitrogen and oxygen atoms in total. The number of thiocarbonyl (C=S) groups is 1. The highest BCUT2D eigenvalue weighted by atomic mass is 32.1. The highest BCUT2D eigenvalue weighted by Crippen LogP contribution is 2.08. The van der Waals surface area contributed by atoms with Gasteiger partial charge in [-0.15, -0.1) is 0 Å². The quantitative estimate of drug-likeness (QED) is 0.500. The zero-order valence-electron chi connectivity index (χ0n) is 6.42. The molecule has 1 aromatic rings. The Bertz CT molecular complexity index is 280. The van der Waals surface area contributed by atoms with Crippen LogP contribution in [0.2, 0.25) is 0 Å². The van der Waals surface area contributed by atoms with Gasteiger partial charge in [-0.05, 0) is 26.1 Å². The number of aliphatic imine (C=N–C) groups is 1. The normalized spacial score (nSPS) is 9.27. The van der Waals surface area contributed by atoms with Gasteiger partial charge in [-0.1, -0.05) is 0 Å². The molecule has 0 aliphatic heterocycles. The van der Waals surface area contributed by atoms with E-state index in [0.717, 1.165) is 11.5 Å². The van der Waals surface area contributed by atoms with Crippen LogP contribution < -0.4 is 0 Å². The first-order chi connectivity index (χ1) is 5.24. The van der Waals surface area contributed by atoms with Gasteiger partial charge in [-0.3, -0.25) is 0 Å². The molecule has 0 radical (unpaired) electrons. The van der Waals surface area contributed by atoms with E-state index >= 15 is 0 Å². The summed E-state index contributed by atoms with van der Waals surface area (Å²) in [5, 5.41) is 2.25. The molecule has 0 saturated carbocycles. The summed E-state index contributed by atoms with van der Waals surface area (Å²) in [6.45, 7) is 4.15. The number of isothiocyanates is 1. The van der Waals surface area contributed by atoms with Crippen LogP contribution >= 0.6 is 12.2 Å². The molecule has 0 N–H and O–H groups in total. The molecule has 0 aliphatic carbocycles. The molecule has 0 spiro atoms. The van der Waals surface area contributed by atoms with Gasteiger partial charge in [0.2, 0.25) is 5.89 Å². The minimum Gasteiger partial charge on any atom is -0.444 e. The van der Waals surface area contributed by atoms with Crippen LogP contribution in [0.3, 0.4) is 0 Å². The van der Waals surface area contributed by atoms with E-state index in [0.29, 0.717) is 12.4 Å². The number of aromatic nitrogens is 1. The highest BCUT2D eigenvalue weighted by Gasteiger charge is 2.02. The molecule has 0 amide bonds. The lowest BCUT2D eigenvalue weighted by Gasteiger charge is -1.81. The molecule has 0 aliphatic rings. The second kappa shape index (κ2) is 3.42. The first kappa shape index (κ1) is 8.11. The third kappa shape index (κ3) is 1.97. The average molecular weight is 168 g/mol. The SMILES string of the molecule is Cc1nc(CN=C=S)oc1C. The number of hydrogen-bond donors (Lipinski definition) is 0. The van der Waals surface area contributed by atoms with Gasteiger partial charge in [-0.25, -0.2) is 9.98 Å². The van der Waals surface area contributed by atoms with Crippen molar-refractivity contribution in [1.82, 2.24) is 4.98 Å². The maximum atomic E-state index is 5.23. The molecule has 0 saturated heterocycles. The van der Waals surface area contributed by atoms with Crippen molar-refractivity contribution >= 4 is 17.4 Å². The molecule has 4 heteroatoms. The predicted molar refractivity (Wildman–Crippen MR) is 44.7 cm³/mol. The highest BCUT2D eigenvalue weighted by molar-refractivity contribution is 7.78. The second-order valence-electron chi connectivity index (χ2n) is 2.16. The minimum absolute atomic E-state index is 0.387. The van der Waals surface area contributed by atoms with Gasteiger partial charge in [0.05, 0.1) is 10.9 Å². The maximum absolute atomic E-state index is 5.23. The van der Waals surface area contributed by atoms with Crippen molar-refractivity contribution in [2.45, 2.75) is 20.4 Å². The van der Waals surface area contributed by atoms with Crippen molar-refractivity contribution < 1.29 is 4.42 Å². The molecular formula is C7H8N2OS. The fourth-order valence-corrected chi connectivity index (χ4v) is 0.771. The van der Waals surface area contributed by atoms with E-state index in [1.165, 1.54) is 0 Å². The van der Waals surface area contributed by atoms with Gasteiger partial charge in [0.15, 0.2) is 0 Å². The lowest BCUT2D eigenvalue weighted by atomic mass is 10.4. The van der Waals surface area contributed by atoms with Crippen LogP contribution in [0.15, 0.2) is 9.41 Å². The molecule has 0 atom stereocenters. The van der Waals surface area contributed by atoms with E-state index < -0.39 is 0 Å². The van der Waals surface area contributed by atoms with Crippen molar-refractivity contribution in [2.75, 3.05) is 0 Å². The third-order valence-electron chi connectivity index (χ3n) is 1.35. The average Bonchev–Trinajstić information content (AvgIpc) is 2.28. The van der Waals surface area contributed by atoms with Gasteiger partial charge < -0.3 is 4.42 Å². The Hall–Kier alpha value is -0.990. The van der Waals surface area contributed by atoms with Crippen molar-refractivity contribution in [1.29, 1.82) is 0 Å². The van der Waals surface area contributed by atoms with E-state index in [2.05, 4.69) is 27.4 Å². The smallest absolute Gasteiger partial charge is 0.217 e. The van der Waals surface area contributed by atoms with Crippen molar-refractivity contribution in [3.8, 4) is 0 Å². The molecule has 0 aromatic carbocycles. The zero-order chi connectivity index (χ0) is 8.27. The lowest BCUT2D eigenvalue weighted by Crippen LogP contribution is -1.79. The second-order valence-corrected chi connectivity index (χ2v) is 2.34. The van der Waals surface area contributed by atoms with Gasteiger partial charge in [-0.2, -0.15) is 0 Å². The van der Waals surface area contributed by atoms with Crippen molar-refractivity contribution in [3.63, 3.8) is 0 Å². The van der Waals surface area contributed by atoms with E-state index in [9.17, 15) is 0 Å². The third-order valence-corrected chi connectivity index (χ3v) is 1.48. The molecule has 11 heavy (non-hydrogen) atoms. The van der Waals surface area contributed by atoms with Crippen LogP contribution in [0.25, 0.3) is 0 Å². The predicted octanol–water partition coefficient (Wildman–Crippen LogP) is 1.89. The largest absolute Gasteiger partial charge is 0.444 e. The molecule has 0 bridgehead atoms. The summed E-state index contributed by atoms with van der Waals surface area (Å²) >= 11 is 4.40. The summed E-state index contributed by atoms with van der Waals surface area (Å²) in [6.07, 6.45) is 0. The minimum atomic E-state index is 0.387. The van der Waals surface area contributed by atoms with E-state index in [1.54, 1.807) is 0 Å². The molecular weight excluding hydrogens is 160 g/mol. The molecule has 1 rings (SSSR count). The molecule has 0 unspecified atom stereocenters. The van der Waals surface area contributed by atoms with Crippen LogP contribution in [-0.2, 0) is 6.54 Å². The summed E-state index contributed by atoms with van der Waals surface area (Å²) in [6, 6.07) is 0. The van der Waals surface area contributed by atoms with E-state index in [4.69, 9.17) is 4.42 Å². The summed E-state index contributed by atoms with van der Waals surface area (Å²) in [5.74, 6) is 1.43. The first-order valence-electron chi connectivity index (χ1n) is 3.20. The van der Waals surface area contributed by atoms with Gasteiger partial charge in [0, 0.05) is 0 Å². The van der Waals surface area contributed by atoms with Gasteiger partial charge >= 0.3 is 0 Å². The van der Waals surface area contributed by atoms with Crippen LogP contribution in [0.4, 0.5) is 0 Å². The Labute approximate surface area is 70.2 Å². The van der Waals surface area contributed by atoms with Crippen LogP contribution in [0, 0.1) is 13.8 Å². The molecule has 1 aromatic heterocycles. The number of aryl methyl sites for hydroxylation is 2. The first-order valence-corrected chi connectivity index (χ1v) is 3.61. The Morgan fingerprint density at radius 2 is 2.36 bits per heavy atom. The standard InChI is InChI=1S/C7H8N2OS/c1-5-6(2)10-7(9-5)3-8-4-11/h3H2,1-2H3. The van der Waals surface area contributed by atoms with Crippen molar-refractivity contribution in [2.24, 2.45) is 4.99 Å². The summed E-state index contributed by atoms with van der Waals surface area (Å²) in [4.78, 5) is 7.81. The van der Waals surface area contributed by atoms with Gasteiger partial charge in [0.25, 0.3) is 0 Å². The van der Waals surface area contributed by atoms with Crippen LogP contribution in [0.5, 0.6) is 0 Å². The van der Waals surface area contributed by atoms with E-state index in [1.807, 2.05) is 13.8 Å². The number of rotatable bonds is 2. The molecule has 0 fully saturated rings. The lowest BCUT2D eigenvalue weighted by molar-refractivity contribution is 0.474. The Morgan fingerprint density at radius 1 is 1.64 bits per heavy atom. The number of hydrogen-bond acceptors (Lipinski definition) is 4. The summed E-state index contributed by atoms with van der Waals surface area (Å²) in [7, 11) is 0. The van der Waals surface area contributed by atoms with Crippen LogP contribution in [0.1, 0.15) is 17.3 Å². The summed E-state index contributed by atoms with van der Waals surface area (Å²) < 4.78 is 5.23. The molecule has 58 valence electrons. The van der Waals surface area contributed by atoms with E-state index in [-0.39, 0.29) is 0 Å². The van der Waals surface area contributed by atoms with Gasteiger partial charge in [0.1, 0.15) is 12.3 Å².